The number of imidazole rings is 1. The van der Waals surface area contributed by atoms with Gasteiger partial charge in [-0.2, -0.15) is 0 Å². The van der Waals surface area contributed by atoms with Gasteiger partial charge in [-0.15, -0.1) is 0 Å². The van der Waals surface area contributed by atoms with Gasteiger partial charge in [-0.25, -0.2) is 9.97 Å². The molecule has 0 radical (unpaired) electrons. The minimum atomic E-state index is 0.437. The lowest BCUT2D eigenvalue weighted by Crippen LogP contribution is -2.44. The molecule has 1 atom stereocenters. The van der Waals surface area contributed by atoms with Crippen LogP contribution in [0.3, 0.4) is 0 Å². The number of nitrogens with zero attached hydrogens (tertiary/aromatic N) is 5. The van der Waals surface area contributed by atoms with Crippen LogP contribution in [0, 0.1) is 6.92 Å². The van der Waals surface area contributed by atoms with Crippen molar-refractivity contribution >= 4 is 0 Å². The Bertz CT molecular complexity index is 680. The molecule has 0 bridgehead atoms. The molecule has 1 unspecified atom stereocenters. The number of likely N-dealkylation sites (tertiary alicyclic amines) is 1. The first-order valence-corrected chi connectivity index (χ1v) is 8.96. The molecule has 0 aromatic carbocycles. The second kappa shape index (κ2) is 6.99. The summed E-state index contributed by atoms with van der Waals surface area (Å²) in [5.74, 6) is 2.33. The second-order valence-corrected chi connectivity index (χ2v) is 6.79. The Morgan fingerprint density at radius 3 is 2.67 bits per heavy atom. The molecule has 0 spiro atoms. The van der Waals surface area contributed by atoms with Gasteiger partial charge in [0.2, 0.25) is 0 Å². The molecule has 128 valence electrons. The topological polar surface area (TPSA) is 56.1 Å². The number of hydrogen-bond acceptors (Lipinski definition) is 5. The fourth-order valence-electron chi connectivity index (χ4n) is 4.03. The summed E-state index contributed by atoms with van der Waals surface area (Å²) in [6, 6.07) is 0.664. The Morgan fingerprint density at radius 1 is 1.04 bits per heavy atom. The maximum absolute atomic E-state index is 5.52. The number of hydrogen-bond donors (Lipinski definition) is 0. The third kappa shape index (κ3) is 3.08. The number of piperidine rings is 1. The van der Waals surface area contributed by atoms with E-state index in [0.717, 1.165) is 49.9 Å². The van der Waals surface area contributed by atoms with Gasteiger partial charge in [0.25, 0.3) is 0 Å². The summed E-state index contributed by atoms with van der Waals surface area (Å²) in [6.07, 6.45) is 12.1. The van der Waals surface area contributed by atoms with Crippen molar-refractivity contribution in [2.24, 2.45) is 0 Å². The van der Waals surface area contributed by atoms with Crippen LogP contribution in [0.5, 0.6) is 0 Å². The molecule has 24 heavy (non-hydrogen) atoms. The number of aromatic nitrogens is 4. The van der Waals surface area contributed by atoms with E-state index in [1.54, 1.807) is 6.20 Å². The van der Waals surface area contributed by atoms with Crippen LogP contribution in [0.25, 0.3) is 5.82 Å². The number of ether oxygens (including phenoxy) is 1. The predicted molar refractivity (Wildman–Crippen MR) is 91.3 cm³/mol. The van der Waals surface area contributed by atoms with E-state index in [1.165, 1.54) is 19.4 Å². The molecular formula is C18H25N5O. The van der Waals surface area contributed by atoms with Crippen molar-refractivity contribution in [2.75, 3.05) is 26.3 Å². The van der Waals surface area contributed by atoms with Crippen molar-refractivity contribution in [3.8, 4) is 5.82 Å². The highest BCUT2D eigenvalue weighted by Gasteiger charge is 2.30. The van der Waals surface area contributed by atoms with Gasteiger partial charge >= 0.3 is 0 Å². The quantitative estimate of drug-likeness (QED) is 0.866. The Kier molecular flexibility index (Phi) is 4.58. The van der Waals surface area contributed by atoms with Crippen LogP contribution in [-0.2, 0) is 4.74 Å². The maximum Gasteiger partial charge on any atom is 0.160 e. The Balaban J connectivity index is 1.58. The molecule has 0 amide bonds. The molecule has 2 aromatic heterocycles. The molecule has 0 saturated carbocycles. The highest BCUT2D eigenvalue weighted by Crippen LogP contribution is 2.31. The molecule has 2 aromatic rings. The molecule has 0 aliphatic carbocycles. The molecule has 2 saturated heterocycles. The largest absolute Gasteiger partial charge is 0.381 e. The SMILES string of the molecule is Cc1nccn1-c1nccnc1C1CCCN(C2CCOCC2)C1. The predicted octanol–water partition coefficient (Wildman–Crippen LogP) is 2.33. The third-order valence-electron chi connectivity index (χ3n) is 5.31. The minimum Gasteiger partial charge on any atom is -0.381 e. The molecule has 6 nitrogen and oxygen atoms in total. The first kappa shape index (κ1) is 15.7. The fraction of sp³-hybridized carbons (Fsp3) is 0.611. The molecule has 2 aliphatic rings. The van der Waals surface area contributed by atoms with Gasteiger partial charge in [0, 0.05) is 56.5 Å². The van der Waals surface area contributed by atoms with Crippen LogP contribution in [0.4, 0.5) is 0 Å². The van der Waals surface area contributed by atoms with E-state index in [-0.39, 0.29) is 0 Å². The van der Waals surface area contributed by atoms with E-state index in [4.69, 9.17) is 9.72 Å². The first-order valence-electron chi connectivity index (χ1n) is 8.96. The van der Waals surface area contributed by atoms with Crippen molar-refractivity contribution in [3.63, 3.8) is 0 Å². The summed E-state index contributed by atoms with van der Waals surface area (Å²) in [6.45, 7) is 6.07. The van der Waals surface area contributed by atoms with E-state index >= 15 is 0 Å². The molecule has 4 heterocycles. The normalized spacial score (nSPS) is 23.5. The molecule has 2 aliphatic heterocycles. The number of rotatable bonds is 3. The van der Waals surface area contributed by atoms with Gasteiger partial charge in [0.15, 0.2) is 5.82 Å². The average molecular weight is 327 g/mol. The van der Waals surface area contributed by atoms with Gasteiger partial charge in [0.05, 0.1) is 5.69 Å². The molecule has 2 fully saturated rings. The van der Waals surface area contributed by atoms with E-state index in [2.05, 4.69) is 19.4 Å². The van der Waals surface area contributed by atoms with Gasteiger partial charge in [0.1, 0.15) is 5.82 Å². The Morgan fingerprint density at radius 2 is 1.88 bits per heavy atom. The first-order chi connectivity index (χ1) is 11.8. The Labute approximate surface area is 142 Å². The second-order valence-electron chi connectivity index (χ2n) is 6.79. The lowest BCUT2D eigenvalue weighted by molar-refractivity contribution is 0.0237. The third-order valence-corrected chi connectivity index (χ3v) is 5.31. The summed E-state index contributed by atoms with van der Waals surface area (Å²) in [4.78, 5) is 16.3. The smallest absolute Gasteiger partial charge is 0.160 e. The summed E-state index contributed by atoms with van der Waals surface area (Å²) in [7, 11) is 0. The van der Waals surface area contributed by atoms with Crippen LogP contribution in [0.1, 0.15) is 43.1 Å². The van der Waals surface area contributed by atoms with E-state index in [9.17, 15) is 0 Å². The van der Waals surface area contributed by atoms with Crippen LogP contribution in [-0.4, -0.2) is 56.8 Å². The van der Waals surface area contributed by atoms with Crippen LogP contribution >= 0.6 is 0 Å². The van der Waals surface area contributed by atoms with Crippen molar-refractivity contribution in [1.82, 2.24) is 24.4 Å². The number of aryl methyl sites for hydroxylation is 1. The lowest BCUT2D eigenvalue weighted by atomic mass is 9.92. The van der Waals surface area contributed by atoms with Gasteiger partial charge in [-0.05, 0) is 39.2 Å². The van der Waals surface area contributed by atoms with Gasteiger partial charge in [-0.3, -0.25) is 14.5 Å². The Hall–Kier alpha value is -1.79. The zero-order chi connectivity index (χ0) is 16.4. The summed E-state index contributed by atoms with van der Waals surface area (Å²) < 4.78 is 7.58. The molecule has 6 heteroatoms. The van der Waals surface area contributed by atoms with Gasteiger partial charge < -0.3 is 4.74 Å². The van der Waals surface area contributed by atoms with Crippen molar-refractivity contribution in [2.45, 2.75) is 44.6 Å². The minimum absolute atomic E-state index is 0.437. The van der Waals surface area contributed by atoms with Crippen molar-refractivity contribution in [1.29, 1.82) is 0 Å². The zero-order valence-corrected chi connectivity index (χ0v) is 14.3. The van der Waals surface area contributed by atoms with Crippen molar-refractivity contribution in [3.05, 3.63) is 36.3 Å². The van der Waals surface area contributed by atoms with Gasteiger partial charge in [-0.1, -0.05) is 0 Å². The van der Waals surface area contributed by atoms with E-state index in [0.29, 0.717) is 12.0 Å². The van der Waals surface area contributed by atoms with Crippen LogP contribution < -0.4 is 0 Å². The average Bonchev–Trinajstić information content (AvgIpc) is 3.08. The van der Waals surface area contributed by atoms with E-state index in [1.807, 2.05) is 25.5 Å². The molecular weight excluding hydrogens is 302 g/mol. The van der Waals surface area contributed by atoms with E-state index < -0.39 is 0 Å². The fourth-order valence-corrected chi connectivity index (χ4v) is 4.03. The standard InChI is InChI=1S/C18H25N5O/c1-14-19-8-10-23(14)18-17(20-6-7-21-18)15-3-2-9-22(13-15)16-4-11-24-12-5-16/h6-8,10,15-16H,2-5,9,11-13H2,1H3. The van der Waals surface area contributed by atoms with Crippen molar-refractivity contribution < 1.29 is 4.74 Å². The maximum atomic E-state index is 5.52. The van der Waals surface area contributed by atoms with Crippen LogP contribution in [0.15, 0.2) is 24.8 Å². The summed E-state index contributed by atoms with van der Waals surface area (Å²) in [5, 5.41) is 0. The highest BCUT2D eigenvalue weighted by molar-refractivity contribution is 5.33. The summed E-state index contributed by atoms with van der Waals surface area (Å²) in [5.41, 5.74) is 1.11. The van der Waals surface area contributed by atoms with Crippen LogP contribution in [0.2, 0.25) is 0 Å². The summed E-state index contributed by atoms with van der Waals surface area (Å²) >= 11 is 0. The lowest BCUT2D eigenvalue weighted by Gasteiger charge is -2.39. The monoisotopic (exact) mass is 327 g/mol. The molecule has 0 N–H and O–H groups in total. The molecule has 4 rings (SSSR count). The zero-order valence-electron chi connectivity index (χ0n) is 14.3. The highest BCUT2D eigenvalue weighted by atomic mass is 16.5.